The van der Waals surface area contributed by atoms with Gasteiger partial charge in [-0.2, -0.15) is 0 Å². The van der Waals surface area contributed by atoms with Crippen LogP contribution in [0.5, 0.6) is 17.2 Å². The van der Waals surface area contributed by atoms with Crippen LogP contribution in [0, 0.1) is 6.92 Å². The van der Waals surface area contributed by atoms with Gasteiger partial charge in [0.25, 0.3) is 0 Å². The van der Waals surface area contributed by atoms with E-state index in [1.807, 2.05) is 0 Å². The molecule has 7 nitrogen and oxygen atoms in total. The second-order valence-corrected chi connectivity index (χ2v) is 9.17. The van der Waals surface area contributed by atoms with Gasteiger partial charge in [-0.05, 0) is 59.8 Å². The van der Waals surface area contributed by atoms with Crippen LogP contribution in [-0.2, 0) is 15.0 Å². The first-order chi connectivity index (χ1) is 15.6. The van der Waals surface area contributed by atoms with Gasteiger partial charge >= 0.3 is 0 Å². The number of rotatable bonds is 5. The fraction of sp³-hybridized carbons (Fsp3) is 0.423. The summed E-state index contributed by atoms with van der Waals surface area (Å²) in [6.45, 7) is 6.60. The number of benzene rings is 1. The minimum absolute atomic E-state index is 0.00447. The Kier molecular flexibility index (Phi) is 5.68. The van der Waals surface area contributed by atoms with Gasteiger partial charge in [-0.1, -0.05) is 11.6 Å². The molecule has 0 fully saturated rings. The van der Waals surface area contributed by atoms with Crippen molar-refractivity contribution in [3.63, 3.8) is 0 Å². The Bertz CT molecular complexity index is 1190. The molecule has 3 aliphatic rings. The molecular formula is C26H29NO6. The number of phenols is 2. The minimum Gasteiger partial charge on any atom is -0.507 e. The maximum atomic E-state index is 13.7. The lowest BCUT2D eigenvalue weighted by molar-refractivity contribution is -0.123. The molecule has 4 rings (SSSR count). The zero-order valence-corrected chi connectivity index (χ0v) is 19.4. The van der Waals surface area contributed by atoms with Crippen LogP contribution in [0.25, 0.3) is 0 Å². The van der Waals surface area contributed by atoms with Crippen LogP contribution in [0.3, 0.4) is 0 Å². The van der Waals surface area contributed by atoms with Crippen LogP contribution >= 0.6 is 0 Å². The number of hydrogen-bond acceptors (Lipinski definition) is 7. The number of nitrogens with one attached hydrogen (secondary N) is 1. The largest absolute Gasteiger partial charge is 0.507 e. The third kappa shape index (κ3) is 3.46. The number of carbonyl (C=O) groups excluding carboxylic acids is 3. The van der Waals surface area contributed by atoms with Crippen molar-refractivity contribution in [1.29, 1.82) is 0 Å². The molecule has 1 heterocycles. The summed E-state index contributed by atoms with van der Waals surface area (Å²) in [4.78, 5) is 38.9. The van der Waals surface area contributed by atoms with Crippen molar-refractivity contribution in [3.05, 3.63) is 51.4 Å². The summed E-state index contributed by atoms with van der Waals surface area (Å²) in [5, 5.41) is 24.5. The topological polar surface area (TPSA) is 113 Å². The molecule has 3 N–H and O–H groups in total. The molecule has 0 radical (unpaired) electrons. The Morgan fingerprint density at radius 3 is 2.55 bits per heavy atom. The van der Waals surface area contributed by atoms with Gasteiger partial charge < -0.3 is 20.3 Å². The molecule has 1 aliphatic heterocycles. The third-order valence-corrected chi connectivity index (χ3v) is 6.98. The highest BCUT2D eigenvalue weighted by atomic mass is 16.5. The third-order valence-electron chi connectivity index (χ3n) is 6.98. The highest BCUT2D eigenvalue weighted by Crippen LogP contribution is 2.57. The molecule has 0 unspecified atom stereocenters. The molecule has 0 aromatic heterocycles. The van der Waals surface area contributed by atoms with E-state index in [0.29, 0.717) is 12.2 Å². The average Bonchev–Trinajstić information content (AvgIpc) is 3.06. The fourth-order valence-electron chi connectivity index (χ4n) is 4.99. The van der Waals surface area contributed by atoms with Crippen molar-refractivity contribution in [3.8, 4) is 17.2 Å². The predicted octanol–water partition coefficient (Wildman–Crippen LogP) is 4.05. The fourth-order valence-corrected chi connectivity index (χ4v) is 4.99. The van der Waals surface area contributed by atoms with Crippen LogP contribution in [0.2, 0.25) is 0 Å². The van der Waals surface area contributed by atoms with Crippen LogP contribution < -0.4 is 10.1 Å². The molecule has 0 bridgehead atoms. The zero-order chi connectivity index (χ0) is 24.1. The summed E-state index contributed by atoms with van der Waals surface area (Å²) in [6.07, 6.45) is 8.93. The lowest BCUT2D eigenvalue weighted by Crippen LogP contribution is -2.41. The van der Waals surface area contributed by atoms with E-state index in [0.717, 1.165) is 19.3 Å². The number of allylic oxidation sites excluding steroid dienone is 5. The van der Waals surface area contributed by atoms with Crippen LogP contribution in [0.1, 0.15) is 74.4 Å². The van der Waals surface area contributed by atoms with E-state index in [1.54, 1.807) is 13.8 Å². The lowest BCUT2D eigenvalue weighted by atomic mass is 9.70. The van der Waals surface area contributed by atoms with Gasteiger partial charge in [-0.3, -0.25) is 14.4 Å². The number of carbonyl (C=O) groups is 3. The second kappa shape index (κ2) is 8.21. The van der Waals surface area contributed by atoms with Gasteiger partial charge in [-0.25, -0.2) is 0 Å². The molecule has 7 heteroatoms. The van der Waals surface area contributed by atoms with E-state index >= 15 is 0 Å². The molecule has 1 aromatic rings. The number of fused-ring (bicyclic) bond motifs is 3. The van der Waals surface area contributed by atoms with Gasteiger partial charge in [0.2, 0.25) is 0 Å². The number of hydrogen-bond donors (Lipinski definition) is 3. The van der Waals surface area contributed by atoms with Crippen LogP contribution in [0.15, 0.2) is 34.8 Å². The van der Waals surface area contributed by atoms with Gasteiger partial charge in [-0.15, -0.1) is 0 Å². The normalized spacial score (nSPS) is 23.3. The molecule has 1 aromatic carbocycles. The van der Waals surface area contributed by atoms with E-state index in [2.05, 4.69) is 11.4 Å². The van der Waals surface area contributed by atoms with E-state index in [-0.39, 0.29) is 39.5 Å². The Morgan fingerprint density at radius 2 is 1.91 bits per heavy atom. The number of ketones is 3. The van der Waals surface area contributed by atoms with E-state index in [9.17, 15) is 24.6 Å². The molecular weight excluding hydrogens is 422 g/mol. The van der Waals surface area contributed by atoms with Gasteiger partial charge in [0.05, 0.1) is 11.1 Å². The van der Waals surface area contributed by atoms with Gasteiger partial charge in [0.1, 0.15) is 34.0 Å². The summed E-state index contributed by atoms with van der Waals surface area (Å²) in [7, 11) is 0. The van der Waals surface area contributed by atoms with Crippen molar-refractivity contribution in [2.45, 2.75) is 65.2 Å². The first kappa shape index (κ1) is 22.8. The standard InChI is InChI=1S/C26H29NO6/c1-13-22(30)20(15(3)28)24-21(23(13)31)26(4)18(33-24)12-17(29)19(25(26)32)14(2)27-11-10-16-8-6-5-7-9-16/h8,12,27,30-31H,5-7,9-11H2,1-4H3/b19-14+/t26-/m0/s1. The maximum Gasteiger partial charge on any atom is 0.194 e. The highest BCUT2D eigenvalue weighted by molar-refractivity contribution is 6.31. The molecule has 2 aliphatic carbocycles. The van der Waals surface area contributed by atoms with Crippen molar-refractivity contribution in [2.24, 2.45) is 0 Å². The van der Waals surface area contributed by atoms with Crippen LogP contribution in [-0.4, -0.2) is 34.1 Å². The SMILES string of the molecule is CC(=O)c1c(O)c(C)c(O)c2c1OC1=CC(=O)/C(=C(/C)NCCC3=CCCCC3)C(=O)[C@@]12C. The summed E-state index contributed by atoms with van der Waals surface area (Å²) in [5.74, 6) is -2.23. The molecule has 1 atom stereocenters. The number of ether oxygens (including phenoxy) is 1. The van der Waals surface area contributed by atoms with E-state index in [1.165, 1.54) is 38.3 Å². The molecule has 33 heavy (non-hydrogen) atoms. The summed E-state index contributed by atoms with van der Waals surface area (Å²) >= 11 is 0. The average molecular weight is 452 g/mol. The van der Waals surface area contributed by atoms with Gasteiger partial charge in [0.15, 0.2) is 17.3 Å². The smallest absolute Gasteiger partial charge is 0.194 e. The first-order valence-corrected chi connectivity index (χ1v) is 11.3. The molecule has 0 spiro atoms. The van der Waals surface area contributed by atoms with Crippen molar-refractivity contribution in [2.75, 3.05) is 6.54 Å². The molecule has 0 saturated heterocycles. The van der Waals surface area contributed by atoms with Gasteiger partial charge in [0, 0.05) is 23.9 Å². The Balaban J connectivity index is 1.74. The predicted molar refractivity (Wildman–Crippen MR) is 122 cm³/mol. The minimum atomic E-state index is -1.49. The monoisotopic (exact) mass is 451 g/mol. The highest BCUT2D eigenvalue weighted by Gasteiger charge is 2.56. The zero-order valence-electron chi connectivity index (χ0n) is 19.4. The summed E-state index contributed by atoms with van der Waals surface area (Å²) < 4.78 is 5.78. The number of Topliss-reactive ketones (excluding diaryl/α,β-unsaturated/α-hetero) is 2. The van der Waals surface area contributed by atoms with Crippen molar-refractivity contribution >= 4 is 17.3 Å². The quantitative estimate of drug-likeness (QED) is 0.268. The molecule has 0 saturated carbocycles. The Hall–Kier alpha value is -3.35. The maximum absolute atomic E-state index is 13.7. The van der Waals surface area contributed by atoms with E-state index in [4.69, 9.17) is 4.74 Å². The van der Waals surface area contributed by atoms with Crippen LogP contribution in [0.4, 0.5) is 0 Å². The lowest BCUT2D eigenvalue weighted by Gasteiger charge is -2.29. The summed E-state index contributed by atoms with van der Waals surface area (Å²) in [5.41, 5.74) is 0.439. The van der Waals surface area contributed by atoms with E-state index < -0.39 is 28.5 Å². The first-order valence-electron chi connectivity index (χ1n) is 11.3. The number of aromatic hydroxyl groups is 2. The molecule has 0 amide bonds. The Labute approximate surface area is 192 Å². The number of phenolic OH excluding ortho intramolecular Hbond substituents is 2. The Morgan fingerprint density at radius 1 is 1.18 bits per heavy atom. The second-order valence-electron chi connectivity index (χ2n) is 9.17. The summed E-state index contributed by atoms with van der Waals surface area (Å²) in [6, 6.07) is 0. The van der Waals surface area contributed by atoms with Crippen molar-refractivity contribution < 1.29 is 29.3 Å². The molecule has 174 valence electrons. The van der Waals surface area contributed by atoms with Crippen molar-refractivity contribution in [1.82, 2.24) is 5.32 Å².